The van der Waals surface area contributed by atoms with E-state index in [4.69, 9.17) is 4.74 Å². The first-order chi connectivity index (χ1) is 2.41. The molecule has 2 heteroatoms. The number of hydrogen-bond donors (Lipinski definition) is 0. The van der Waals surface area contributed by atoms with Crippen molar-refractivity contribution in [2.75, 3.05) is 13.2 Å². The van der Waals surface area contributed by atoms with E-state index in [-0.39, 0.29) is 17.1 Å². The first-order valence-electron chi connectivity index (χ1n) is 1.99. The fourth-order valence-corrected chi connectivity index (χ4v) is 0.204. The molecule has 1 nitrogen and oxygen atoms in total. The van der Waals surface area contributed by atoms with Crippen molar-refractivity contribution < 1.29 is 21.8 Å². The molecule has 0 aromatic rings. The minimum absolute atomic E-state index is 0. The first-order valence-corrected chi connectivity index (χ1v) is 1.99. The molecule has 0 aliphatic heterocycles. The molecular weight excluding hydrogens is 128 g/mol. The average Bonchev–Trinajstić information content (AvgIpc) is 1.41. The van der Waals surface area contributed by atoms with Crippen molar-refractivity contribution in [1.82, 2.24) is 0 Å². The second-order valence-electron chi connectivity index (χ2n) is 0.781. The molecular formula is C4H10CuO+. The van der Waals surface area contributed by atoms with Crippen LogP contribution in [0.3, 0.4) is 0 Å². The van der Waals surface area contributed by atoms with Gasteiger partial charge in [0.25, 0.3) is 0 Å². The zero-order chi connectivity index (χ0) is 4.12. The van der Waals surface area contributed by atoms with Crippen molar-refractivity contribution in [2.24, 2.45) is 0 Å². The van der Waals surface area contributed by atoms with Crippen molar-refractivity contribution in [3.8, 4) is 0 Å². The molecule has 0 amide bonds. The molecule has 0 N–H and O–H groups in total. The Balaban J connectivity index is 0. The second kappa shape index (κ2) is 9.08. The Kier molecular flexibility index (Phi) is 14.7. The van der Waals surface area contributed by atoms with E-state index >= 15 is 0 Å². The molecule has 6 heavy (non-hydrogen) atoms. The fraction of sp³-hybridized carbons (Fsp3) is 1.00. The van der Waals surface area contributed by atoms with E-state index in [1.54, 1.807) is 0 Å². The molecule has 0 aromatic carbocycles. The van der Waals surface area contributed by atoms with Crippen LogP contribution in [0, 0.1) is 0 Å². The van der Waals surface area contributed by atoms with Crippen LogP contribution in [0.15, 0.2) is 0 Å². The fourth-order valence-electron chi connectivity index (χ4n) is 0.204. The molecule has 0 heterocycles. The summed E-state index contributed by atoms with van der Waals surface area (Å²) < 4.78 is 4.83. The summed E-state index contributed by atoms with van der Waals surface area (Å²) in [4.78, 5) is 0. The van der Waals surface area contributed by atoms with E-state index in [0.29, 0.717) is 0 Å². The molecule has 0 radical (unpaired) electrons. The average molecular weight is 138 g/mol. The molecule has 0 atom stereocenters. The molecule has 0 aliphatic carbocycles. The zero-order valence-electron chi connectivity index (χ0n) is 4.12. The van der Waals surface area contributed by atoms with E-state index in [1.807, 2.05) is 13.8 Å². The van der Waals surface area contributed by atoms with Gasteiger partial charge in [-0.05, 0) is 13.8 Å². The van der Waals surface area contributed by atoms with Gasteiger partial charge in [-0.1, -0.05) is 0 Å². The van der Waals surface area contributed by atoms with Crippen LogP contribution in [0.4, 0.5) is 0 Å². The summed E-state index contributed by atoms with van der Waals surface area (Å²) in [5.41, 5.74) is 0. The normalized spacial score (nSPS) is 7.00. The minimum Gasteiger partial charge on any atom is -0.382 e. The van der Waals surface area contributed by atoms with Crippen LogP contribution in [0.25, 0.3) is 0 Å². The summed E-state index contributed by atoms with van der Waals surface area (Å²) in [6, 6.07) is 0. The number of rotatable bonds is 2. The van der Waals surface area contributed by atoms with Gasteiger partial charge in [0.2, 0.25) is 0 Å². The van der Waals surface area contributed by atoms with Crippen LogP contribution in [0.5, 0.6) is 0 Å². The summed E-state index contributed by atoms with van der Waals surface area (Å²) in [5, 5.41) is 0. The first kappa shape index (κ1) is 9.70. The SMILES string of the molecule is CCOCC.[Cu+]. The van der Waals surface area contributed by atoms with Crippen molar-refractivity contribution in [1.29, 1.82) is 0 Å². The van der Waals surface area contributed by atoms with Crippen LogP contribution in [-0.4, -0.2) is 13.2 Å². The second-order valence-corrected chi connectivity index (χ2v) is 0.781. The summed E-state index contributed by atoms with van der Waals surface area (Å²) in [6.07, 6.45) is 0. The zero-order valence-corrected chi connectivity index (χ0v) is 5.07. The van der Waals surface area contributed by atoms with Crippen molar-refractivity contribution in [3.63, 3.8) is 0 Å². The molecule has 0 bridgehead atoms. The molecule has 0 unspecified atom stereocenters. The van der Waals surface area contributed by atoms with Gasteiger partial charge in [0.1, 0.15) is 0 Å². The Bertz CT molecular complexity index is 15.0. The van der Waals surface area contributed by atoms with Crippen molar-refractivity contribution in [2.45, 2.75) is 13.8 Å². The Morgan fingerprint density at radius 3 is 1.50 bits per heavy atom. The summed E-state index contributed by atoms with van der Waals surface area (Å²) in [5.74, 6) is 0. The molecule has 0 aromatic heterocycles. The molecule has 42 valence electrons. The third-order valence-corrected chi connectivity index (χ3v) is 0.408. The third kappa shape index (κ3) is 8.82. The van der Waals surface area contributed by atoms with Gasteiger partial charge < -0.3 is 4.74 Å². The molecule has 0 aliphatic rings. The standard InChI is InChI=1S/C4H10O.Cu/c1-3-5-4-2;/h3-4H2,1-2H3;/q;+1. The van der Waals surface area contributed by atoms with Crippen molar-refractivity contribution in [3.05, 3.63) is 0 Å². The maximum absolute atomic E-state index is 4.83. The van der Waals surface area contributed by atoms with Crippen molar-refractivity contribution >= 4 is 0 Å². The van der Waals surface area contributed by atoms with E-state index < -0.39 is 0 Å². The van der Waals surface area contributed by atoms with E-state index in [9.17, 15) is 0 Å². The molecule has 0 rings (SSSR count). The van der Waals surface area contributed by atoms with Crippen LogP contribution >= 0.6 is 0 Å². The predicted octanol–water partition coefficient (Wildman–Crippen LogP) is 1.04. The maximum Gasteiger partial charge on any atom is 1.00 e. The maximum atomic E-state index is 4.83. The molecule has 0 saturated carbocycles. The summed E-state index contributed by atoms with van der Waals surface area (Å²) >= 11 is 0. The van der Waals surface area contributed by atoms with Crippen LogP contribution in [-0.2, 0) is 21.8 Å². The molecule has 0 fully saturated rings. The minimum atomic E-state index is 0. The topological polar surface area (TPSA) is 9.23 Å². The summed E-state index contributed by atoms with van der Waals surface area (Å²) in [7, 11) is 0. The Labute approximate surface area is 49.5 Å². The molecule has 0 spiro atoms. The van der Waals surface area contributed by atoms with Gasteiger partial charge in [-0.2, -0.15) is 0 Å². The molecule has 0 saturated heterocycles. The quantitative estimate of drug-likeness (QED) is 0.517. The van der Waals surface area contributed by atoms with Gasteiger partial charge >= 0.3 is 17.1 Å². The Morgan fingerprint density at radius 2 is 1.50 bits per heavy atom. The Morgan fingerprint density at radius 1 is 1.17 bits per heavy atom. The third-order valence-electron chi connectivity index (χ3n) is 0.408. The van der Waals surface area contributed by atoms with E-state index in [1.165, 1.54) is 0 Å². The number of ether oxygens (including phenoxy) is 1. The van der Waals surface area contributed by atoms with Gasteiger partial charge in [-0.25, -0.2) is 0 Å². The van der Waals surface area contributed by atoms with E-state index in [0.717, 1.165) is 13.2 Å². The van der Waals surface area contributed by atoms with Gasteiger partial charge in [0.05, 0.1) is 0 Å². The van der Waals surface area contributed by atoms with Gasteiger partial charge in [-0.15, -0.1) is 0 Å². The predicted molar refractivity (Wildman–Crippen MR) is 22.2 cm³/mol. The van der Waals surface area contributed by atoms with Crippen LogP contribution in [0.1, 0.15) is 13.8 Å². The Hall–Kier alpha value is 0.479. The van der Waals surface area contributed by atoms with Gasteiger partial charge in [-0.3, -0.25) is 0 Å². The number of hydrogen-bond acceptors (Lipinski definition) is 1. The van der Waals surface area contributed by atoms with Crippen LogP contribution < -0.4 is 0 Å². The monoisotopic (exact) mass is 137 g/mol. The van der Waals surface area contributed by atoms with Crippen LogP contribution in [0.2, 0.25) is 0 Å². The smallest absolute Gasteiger partial charge is 0.382 e. The largest absolute Gasteiger partial charge is 1.00 e. The van der Waals surface area contributed by atoms with Gasteiger partial charge in [0.15, 0.2) is 0 Å². The summed E-state index contributed by atoms with van der Waals surface area (Å²) in [6.45, 7) is 5.67. The van der Waals surface area contributed by atoms with Gasteiger partial charge in [0, 0.05) is 13.2 Å². The van der Waals surface area contributed by atoms with E-state index in [2.05, 4.69) is 0 Å².